The maximum absolute atomic E-state index is 2.44. The summed E-state index contributed by atoms with van der Waals surface area (Å²) < 4.78 is 4.88. The van der Waals surface area contributed by atoms with Crippen LogP contribution in [0.15, 0.2) is 188 Å². The van der Waals surface area contributed by atoms with E-state index < -0.39 is 5.41 Å². The normalized spacial score (nSPS) is 13.2. The van der Waals surface area contributed by atoms with E-state index in [-0.39, 0.29) is 0 Å². The third-order valence-corrected chi connectivity index (χ3v) is 11.4. The average molecular weight is 663 g/mol. The van der Waals surface area contributed by atoms with Crippen molar-refractivity contribution in [1.82, 2.24) is 9.13 Å². The molecule has 52 heavy (non-hydrogen) atoms. The number of fused-ring (bicyclic) bond motifs is 9. The largest absolute Gasteiger partial charge is 0.309 e. The Morgan fingerprint density at radius 3 is 1.27 bits per heavy atom. The Morgan fingerprint density at radius 2 is 0.769 bits per heavy atom. The summed E-state index contributed by atoms with van der Waals surface area (Å²) in [5, 5.41) is 5.07. The van der Waals surface area contributed by atoms with Crippen molar-refractivity contribution in [2.45, 2.75) is 12.3 Å². The fraction of sp³-hybridized carbons (Fsp3) is 0.0400. The molecule has 2 aromatic heterocycles. The predicted molar refractivity (Wildman–Crippen MR) is 217 cm³/mol. The van der Waals surface area contributed by atoms with Crippen molar-refractivity contribution in [3.8, 4) is 22.5 Å². The maximum Gasteiger partial charge on any atom is 0.0715 e. The van der Waals surface area contributed by atoms with Gasteiger partial charge in [0.2, 0.25) is 0 Å². The summed E-state index contributed by atoms with van der Waals surface area (Å²) in [7, 11) is 0. The summed E-state index contributed by atoms with van der Waals surface area (Å²) in [5.74, 6) is 0. The van der Waals surface area contributed by atoms with Crippen LogP contribution in [0.2, 0.25) is 0 Å². The van der Waals surface area contributed by atoms with Gasteiger partial charge >= 0.3 is 0 Å². The van der Waals surface area contributed by atoms with Gasteiger partial charge in [-0.05, 0) is 88.8 Å². The molecule has 0 atom stereocenters. The predicted octanol–water partition coefficient (Wildman–Crippen LogP) is 12.6. The highest BCUT2D eigenvalue weighted by molar-refractivity contribution is 6.10. The van der Waals surface area contributed by atoms with Gasteiger partial charge in [-0.3, -0.25) is 0 Å². The van der Waals surface area contributed by atoms with Crippen molar-refractivity contribution in [3.63, 3.8) is 0 Å². The van der Waals surface area contributed by atoms with Crippen molar-refractivity contribution in [2.75, 3.05) is 0 Å². The van der Waals surface area contributed by atoms with Gasteiger partial charge in [0.1, 0.15) is 0 Å². The monoisotopic (exact) mass is 662 g/mol. The Morgan fingerprint density at radius 1 is 0.346 bits per heavy atom. The van der Waals surface area contributed by atoms with Crippen molar-refractivity contribution in [3.05, 3.63) is 216 Å². The van der Waals surface area contributed by atoms with Crippen LogP contribution in [-0.4, -0.2) is 9.13 Å². The summed E-state index contributed by atoms with van der Waals surface area (Å²) in [6.07, 6.45) is 0. The molecule has 2 nitrogen and oxygen atoms in total. The molecule has 8 aromatic carbocycles. The van der Waals surface area contributed by atoms with E-state index in [0.29, 0.717) is 0 Å². The van der Waals surface area contributed by atoms with E-state index in [1.54, 1.807) is 0 Å². The van der Waals surface area contributed by atoms with Crippen LogP contribution >= 0.6 is 0 Å². The molecular weight excluding hydrogens is 629 g/mol. The third-order valence-electron chi connectivity index (χ3n) is 11.4. The molecular formula is C50H34N2. The summed E-state index contributed by atoms with van der Waals surface area (Å²) >= 11 is 0. The second-order valence-corrected chi connectivity index (χ2v) is 14.2. The van der Waals surface area contributed by atoms with Crippen LogP contribution in [0.4, 0.5) is 0 Å². The van der Waals surface area contributed by atoms with Crippen molar-refractivity contribution in [2.24, 2.45) is 0 Å². The lowest BCUT2D eigenvalue weighted by Gasteiger charge is -2.35. The first kappa shape index (κ1) is 29.1. The Bertz CT molecular complexity index is 2780. The molecule has 1 aliphatic rings. The second-order valence-electron chi connectivity index (χ2n) is 14.2. The van der Waals surface area contributed by atoms with Gasteiger partial charge in [0, 0.05) is 32.9 Å². The van der Waals surface area contributed by atoms with Gasteiger partial charge in [-0.25, -0.2) is 0 Å². The Balaban J connectivity index is 1.24. The van der Waals surface area contributed by atoms with Crippen LogP contribution < -0.4 is 0 Å². The molecule has 0 unspecified atom stereocenters. The van der Waals surface area contributed by atoms with Crippen LogP contribution in [0.3, 0.4) is 0 Å². The first-order valence-electron chi connectivity index (χ1n) is 18.1. The highest BCUT2D eigenvalue weighted by Gasteiger charge is 2.46. The lowest BCUT2D eigenvalue weighted by atomic mass is 9.67. The fourth-order valence-electron chi connectivity index (χ4n) is 9.34. The zero-order valence-corrected chi connectivity index (χ0v) is 28.8. The molecule has 0 saturated heterocycles. The summed E-state index contributed by atoms with van der Waals surface area (Å²) in [4.78, 5) is 0. The minimum absolute atomic E-state index is 0.554. The van der Waals surface area contributed by atoms with Crippen molar-refractivity contribution in [1.29, 1.82) is 0 Å². The lowest BCUT2D eigenvalue weighted by molar-refractivity contribution is 0.765. The van der Waals surface area contributed by atoms with Crippen molar-refractivity contribution < 1.29 is 0 Å². The first-order chi connectivity index (χ1) is 25.7. The smallest absolute Gasteiger partial charge is 0.0715 e. The summed E-state index contributed by atoms with van der Waals surface area (Å²) in [5.41, 5.74) is 15.6. The van der Waals surface area contributed by atoms with E-state index in [0.717, 1.165) is 11.4 Å². The molecule has 0 fully saturated rings. The molecule has 11 rings (SSSR count). The van der Waals surface area contributed by atoms with E-state index in [4.69, 9.17) is 0 Å². The molecule has 0 saturated carbocycles. The van der Waals surface area contributed by atoms with Gasteiger partial charge in [-0.15, -0.1) is 0 Å². The van der Waals surface area contributed by atoms with E-state index in [1.165, 1.54) is 82.6 Å². The molecule has 2 heterocycles. The van der Waals surface area contributed by atoms with Gasteiger partial charge in [-0.2, -0.15) is 0 Å². The zero-order chi connectivity index (χ0) is 34.4. The molecule has 0 amide bonds. The van der Waals surface area contributed by atoms with Crippen molar-refractivity contribution >= 4 is 43.6 Å². The Labute approximate surface area is 302 Å². The molecule has 10 aromatic rings. The highest BCUT2D eigenvalue weighted by Crippen LogP contribution is 2.57. The molecule has 0 spiro atoms. The third kappa shape index (κ3) is 3.89. The second kappa shape index (κ2) is 10.9. The number of hydrogen-bond donors (Lipinski definition) is 0. The Hall–Kier alpha value is -6.64. The lowest BCUT2D eigenvalue weighted by Crippen LogP contribution is -2.29. The van der Waals surface area contributed by atoms with E-state index in [9.17, 15) is 0 Å². The quantitative estimate of drug-likeness (QED) is 0.177. The minimum Gasteiger partial charge on any atom is -0.309 e. The summed E-state index contributed by atoms with van der Waals surface area (Å²) in [6, 6.07) is 69.8. The number of para-hydroxylation sites is 4. The standard InChI is InChI=1S/C50H34N2/c1-33-28-29-39-38-18-2-7-23-44(38)50(45(39)30-33,34-14-12-16-36(31-34)51-46-24-8-3-19-40(46)41-20-4-9-25-47(41)51)35-15-13-17-37(32-35)52-48-26-10-5-21-42(48)43-22-6-11-27-49(43)52/h2-32H,1H3. The van der Waals surface area contributed by atoms with Gasteiger partial charge in [-0.1, -0.05) is 145 Å². The molecule has 2 heteroatoms. The van der Waals surface area contributed by atoms with Gasteiger partial charge in [0.05, 0.1) is 27.5 Å². The van der Waals surface area contributed by atoms with Crippen LogP contribution in [0.25, 0.3) is 66.1 Å². The number of nitrogens with zero attached hydrogens (tertiary/aromatic N) is 2. The summed E-state index contributed by atoms with van der Waals surface area (Å²) in [6.45, 7) is 2.22. The van der Waals surface area contributed by atoms with Crippen LogP contribution in [-0.2, 0) is 5.41 Å². The molecule has 0 N–H and O–H groups in total. The number of aromatic nitrogens is 2. The molecule has 0 radical (unpaired) electrons. The van der Waals surface area contributed by atoms with Gasteiger partial charge in [0.25, 0.3) is 0 Å². The van der Waals surface area contributed by atoms with Gasteiger partial charge < -0.3 is 9.13 Å². The minimum atomic E-state index is -0.554. The Kier molecular flexibility index (Phi) is 6.12. The average Bonchev–Trinajstić information content (AvgIpc) is 3.82. The van der Waals surface area contributed by atoms with Crippen LogP contribution in [0.1, 0.15) is 27.8 Å². The number of hydrogen-bond acceptors (Lipinski definition) is 0. The molecule has 1 aliphatic carbocycles. The van der Waals surface area contributed by atoms with Crippen LogP contribution in [0.5, 0.6) is 0 Å². The number of benzene rings is 8. The number of aryl methyl sites for hydroxylation is 1. The SMILES string of the molecule is Cc1ccc2c(c1)C(c1cccc(-n3c4ccccc4c4ccccc43)c1)(c1cccc(-n3c4ccccc4c4ccccc43)c1)c1ccccc1-2. The van der Waals surface area contributed by atoms with E-state index >= 15 is 0 Å². The highest BCUT2D eigenvalue weighted by atomic mass is 15.0. The van der Waals surface area contributed by atoms with Crippen LogP contribution in [0, 0.1) is 6.92 Å². The van der Waals surface area contributed by atoms with E-state index in [1.807, 2.05) is 0 Å². The molecule has 0 aliphatic heterocycles. The molecule has 0 bridgehead atoms. The van der Waals surface area contributed by atoms with Gasteiger partial charge in [0.15, 0.2) is 0 Å². The topological polar surface area (TPSA) is 9.86 Å². The first-order valence-corrected chi connectivity index (χ1v) is 18.1. The zero-order valence-electron chi connectivity index (χ0n) is 28.8. The number of rotatable bonds is 4. The fourth-order valence-corrected chi connectivity index (χ4v) is 9.34. The maximum atomic E-state index is 2.44. The molecule has 244 valence electrons. The van der Waals surface area contributed by atoms with E-state index in [2.05, 4.69) is 204 Å².